The van der Waals surface area contributed by atoms with E-state index in [1.807, 2.05) is 0 Å². The van der Waals surface area contributed by atoms with E-state index >= 15 is 0 Å². The molecule has 0 heterocycles. The van der Waals surface area contributed by atoms with Gasteiger partial charge in [0.25, 0.3) is 10.9 Å². The predicted octanol–water partition coefficient (Wildman–Crippen LogP) is 0.694. The smallest absolute Gasteiger partial charge is 0.253 e. The summed E-state index contributed by atoms with van der Waals surface area (Å²) in [5.41, 5.74) is -1.53. The largest absolute Gasteiger partial charge is 0.504 e. The van der Waals surface area contributed by atoms with Gasteiger partial charge >= 0.3 is 0 Å². The van der Waals surface area contributed by atoms with Crippen LogP contribution >= 0.6 is 11.6 Å². The molecule has 0 aromatic heterocycles. The van der Waals surface area contributed by atoms with Crippen molar-refractivity contribution in [3.05, 3.63) is 37.6 Å². The first-order chi connectivity index (χ1) is 12.2. The van der Waals surface area contributed by atoms with Gasteiger partial charge in [0.1, 0.15) is 16.3 Å². The highest BCUT2D eigenvalue weighted by Crippen LogP contribution is 2.38. The van der Waals surface area contributed by atoms with Crippen LogP contribution in [0, 0.1) is 0 Å². The number of nitrogens with zero attached hydrogens (tertiary/aromatic N) is 1. The number of aliphatic hydroxyl groups excluding tert-OH is 1. The van der Waals surface area contributed by atoms with Crippen LogP contribution in [0.1, 0.15) is 6.92 Å². The van der Waals surface area contributed by atoms with Gasteiger partial charge in [-0.2, -0.15) is 0 Å². The molecule has 0 aliphatic carbocycles. The average Bonchev–Trinajstić information content (AvgIpc) is 2.64. The van der Waals surface area contributed by atoms with E-state index < -0.39 is 33.6 Å². The van der Waals surface area contributed by atoms with Crippen LogP contribution in [0.3, 0.4) is 0 Å². The summed E-state index contributed by atoms with van der Waals surface area (Å²) in [5, 5.41) is 24.9. The van der Waals surface area contributed by atoms with Gasteiger partial charge in [0, 0.05) is 13.1 Å². The molecule has 0 bridgehead atoms. The van der Waals surface area contributed by atoms with Gasteiger partial charge in [0.15, 0.2) is 16.7 Å². The molecule has 0 aliphatic rings. The molecule has 0 saturated heterocycles. The van der Waals surface area contributed by atoms with Gasteiger partial charge in [-0.1, -0.05) is 11.6 Å². The lowest BCUT2D eigenvalue weighted by atomic mass is 10.1. The van der Waals surface area contributed by atoms with Crippen LogP contribution in [0.15, 0.2) is 26.6 Å². The molecule has 0 amide bonds. The summed E-state index contributed by atoms with van der Waals surface area (Å²) in [7, 11) is 0.767. The molecule has 0 spiro atoms. The fourth-order valence-corrected chi connectivity index (χ4v) is 3.34. The highest BCUT2D eigenvalue weighted by atomic mass is 35.5. The van der Waals surface area contributed by atoms with Crippen molar-refractivity contribution in [2.45, 2.75) is 17.9 Å². The number of aromatic hydroxyl groups is 1. The third kappa shape index (κ3) is 3.74. The number of anilines is 3. The zero-order valence-corrected chi connectivity index (χ0v) is 15.8. The summed E-state index contributed by atoms with van der Waals surface area (Å²) in [4.78, 5) is 28.3. The Morgan fingerprint density at radius 1 is 1.31 bits per heavy atom. The number of benzene rings is 1. The van der Waals surface area contributed by atoms with E-state index in [1.165, 1.54) is 26.3 Å². The second-order valence-electron chi connectivity index (χ2n) is 5.41. The lowest BCUT2D eigenvalue weighted by Gasteiger charge is -2.20. The molecular formula is C15H18ClN3O6S. The summed E-state index contributed by atoms with van der Waals surface area (Å²) in [5.74, 6) is -0.450. The Kier molecular flexibility index (Phi) is 6.37. The predicted molar refractivity (Wildman–Crippen MR) is 99.1 cm³/mol. The molecule has 2 atom stereocenters. The van der Waals surface area contributed by atoms with E-state index in [0.29, 0.717) is 0 Å². The Morgan fingerprint density at radius 2 is 1.92 bits per heavy atom. The summed E-state index contributed by atoms with van der Waals surface area (Å²) in [6.07, 6.45) is 0. The summed E-state index contributed by atoms with van der Waals surface area (Å²) in [6.45, 7) is 1.39. The Balaban J connectivity index is 2.41. The number of aliphatic hydroxyl groups is 1. The van der Waals surface area contributed by atoms with Gasteiger partial charge in [-0.25, -0.2) is 4.21 Å². The van der Waals surface area contributed by atoms with Crippen molar-refractivity contribution in [1.82, 2.24) is 4.47 Å². The normalized spacial score (nSPS) is 13.8. The molecule has 2 aromatic carbocycles. The molecule has 0 saturated carbocycles. The number of hydrogen-bond acceptors (Lipinski definition) is 8. The lowest BCUT2D eigenvalue weighted by Crippen LogP contribution is -2.39. The summed E-state index contributed by atoms with van der Waals surface area (Å²) in [6, 6.07) is 2.31. The van der Waals surface area contributed by atoms with Crippen LogP contribution in [0.25, 0.3) is 0 Å². The van der Waals surface area contributed by atoms with Gasteiger partial charge in [0.05, 0.1) is 24.4 Å². The molecule has 2 aromatic rings. The van der Waals surface area contributed by atoms with Crippen molar-refractivity contribution in [3.63, 3.8) is 0 Å². The lowest BCUT2D eigenvalue weighted by molar-refractivity contribution is -0.0205. The fourth-order valence-electron chi connectivity index (χ4n) is 2.09. The summed E-state index contributed by atoms with van der Waals surface area (Å²) >= 11 is 6.01. The first-order valence-electron chi connectivity index (χ1n) is 7.41. The van der Waals surface area contributed by atoms with Gasteiger partial charge in [-0.05, 0) is 19.1 Å². The molecule has 0 radical (unpaired) electrons. The second kappa shape index (κ2) is 8.14. The maximum absolute atomic E-state index is 12.4. The third-order valence-corrected chi connectivity index (χ3v) is 5.39. The number of phenolic OH excluding ortho intramolecular Hbond substituents is 1. The van der Waals surface area contributed by atoms with E-state index in [-0.39, 0.29) is 33.6 Å². The number of hydroxylamine groups is 1. The Labute approximate surface area is 156 Å². The van der Waals surface area contributed by atoms with Crippen molar-refractivity contribution < 1.29 is 19.3 Å². The van der Waals surface area contributed by atoms with Crippen LogP contribution in [0.5, 0.6) is 5.75 Å². The van der Waals surface area contributed by atoms with E-state index in [9.17, 15) is 18.9 Å². The van der Waals surface area contributed by atoms with Gasteiger partial charge in [0.2, 0.25) is 0 Å². The third-order valence-electron chi connectivity index (χ3n) is 3.58. The van der Waals surface area contributed by atoms with Crippen molar-refractivity contribution in [3.8, 4) is 5.75 Å². The molecule has 0 fully saturated rings. The number of nitrogens with one attached hydrogen (secondary N) is 2. The zero-order chi connectivity index (χ0) is 19.6. The molecular weight excluding hydrogens is 386 g/mol. The van der Waals surface area contributed by atoms with E-state index in [2.05, 4.69) is 10.6 Å². The van der Waals surface area contributed by atoms with Crippen molar-refractivity contribution in [2.24, 2.45) is 0 Å². The number of phenols is 1. The van der Waals surface area contributed by atoms with Gasteiger partial charge in [-0.3, -0.25) is 14.4 Å². The van der Waals surface area contributed by atoms with Crippen LogP contribution in [0.2, 0.25) is 5.02 Å². The molecule has 4 N–H and O–H groups in total. The first-order valence-corrected chi connectivity index (χ1v) is 8.90. The van der Waals surface area contributed by atoms with E-state index in [0.717, 1.165) is 4.47 Å². The molecule has 26 heavy (non-hydrogen) atoms. The average molecular weight is 404 g/mol. The van der Waals surface area contributed by atoms with Crippen molar-refractivity contribution in [1.29, 1.82) is 0 Å². The molecule has 1 unspecified atom stereocenters. The molecule has 2 rings (SSSR count). The minimum absolute atomic E-state index is 0.00239. The fraction of sp³-hybridized carbons (Fsp3) is 0.333. The standard InChI is InChI=1S/C15H18ClN3O6S/c1-7(6-20)17-10-11(14(23)13(10)22)18-9-5-4-8(16)15(12(9)21)26(24)19(2)25-3/h4-5,7,17-18,20-21H,6H2,1-3H3/t7-,26?/m0/s1. The molecule has 9 nitrogen and oxygen atoms in total. The van der Waals surface area contributed by atoms with E-state index in [1.54, 1.807) is 6.92 Å². The highest BCUT2D eigenvalue weighted by molar-refractivity contribution is 7.82. The van der Waals surface area contributed by atoms with Crippen molar-refractivity contribution >= 4 is 39.6 Å². The maximum atomic E-state index is 12.4. The van der Waals surface area contributed by atoms with Crippen LogP contribution in [-0.4, -0.2) is 45.7 Å². The van der Waals surface area contributed by atoms with Gasteiger partial charge in [-0.15, -0.1) is 4.47 Å². The molecule has 11 heteroatoms. The summed E-state index contributed by atoms with van der Waals surface area (Å²) < 4.78 is 13.4. The number of rotatable bonds is 8. The number of halogens is 1. The van der Waals surface area contributed by atoms with E-state index in [4.69, 9.17) is 21.5 Å². The Morgan fingerprint density at radius 3 is 2.50 bits per heavy atom. The molecule has 0 aliphatic heterocycles. The topological polar surface area (TPSA) is 128 Å². The Bertz CT molecular complexity index is 912. The maximum Gasteiger partial charge on any atom is 0.253 e. The van der Waals surface area contributed by atoms with Crippen molar-refractivity contribution in [2.75, 3.05) is 31.4 Å². The quantitative estimate of drug-likeness (QED) is 0.288. The first kappa shape index (κ1) is 20.3. The van der Waals surface area contributed by atoms with Gasteiger partial charge < -0.3 is 20.8 Å². The monoisotopic (exact) mass is 403 g/mol. The molecule has 142 valence electrons. The second-order valence-corrected chi connectivity index (χ2v) is 7.23. The Hall–Kier alpha value is -1.98. The van der Waals surface area contributed by atoms with Crippen LogP contribution < -0.4 is 21.5 Å². The van der Waals surface area contributed by atoms with Crippen LogP contribution in [-0.2, 0) is 15.8 Å². The number of hydrogen-bond donors (Lipinski definition) is 4. The SMILES string of the molecule is CON(C)S(=O)c1c(Cl)ccc(Nc2c(N[C@@H](C)CO)c(=O)c2=O)c1O. The zero-order valence-electron chi connectivity index (χ0n) is 14.2. The minimum atomic E-state index is -1.92. The highest BCUT2D eigenvalue weighted by Gasteiger charge is 2.26. The van der Waals surface area contributed by atoms with Crippen LogP contribution in [0.4, 0.5) is 17.1 Å². The minimum Gasteiger partial charge on any atom is -0.504 e.